The van der Waals surface area contributed by atoms with Crippen molar-refractivity contribution < 1.29 is 10.2 Å². The van der Waals surface area contributed by atoms with Crippen LogP contribution in [0.15, 0.2) is 0 Å². The Morgan fingerprint density at radius 1 is 1.44 bits per heavy atom. The zero-order valence-electron chi connectivity index (χ0n) is 6.13. The van der Waals surface area contributed by atoms with Crippen LogP contribution in [0.1, 0.15) is 20.8 Å². The summed E-state index contributed by atoms with van der Waals surface area (Å²) in [6, 6.07) is -0.572. The van der Waals surface area contributed by atoms with Gasteiger partial charge in [0.15, 0.2) is 0 Å². The van der Waals surface area contributed by atoms with Crippen molar-refractivity contribution in [1.82, 2.24) is 0 Å². The fraction of sp³-hybridized carbons (Fsp3) is 1.00. The highest BCUT2D eigenvalue weighted by Crippen LogP contribution is 2.08. The molecule has 0 bridgehead atoms. The van der Waals surface area contributed by atoms with Gasteiger partial charge >= 0.3 is 0 Å². The van der Waals surface area contributed by atoms with E-state index in [1.165, 1.54) is 0 Å². The lowest BCUT2D eigenvalue weighted by atomic mass is 9.96. The third-order valence-corrected chi connectivity index (χ3v) is 1.34. The lowest BCUT2D eigenvalue weighted by Crippen LogP contribution is -2.49. The number of aliphatic hydroxyl groups excluding tert-OH is 1. The van der Waals surface area contributed by atoms with E-state index in [1.54, 1.807) is 20.8 Å². The number of nitrogens with two attached hydrogens (primary N) is 1. The van der Waals surface area contributed by atoms with Crippen LogP contribution < -0.4 is 5.73 Å². The molecule has 0 radical (unpaired) electrons. The maximum atomic E-state index is 9.17. The molecule has 3 nitrogen and oxygen atoms in total. The van der Waals surface area contributed by atoms with Gasteiger partial charge in [-0.05, 0) is 20.8 Å². The number of hydrogen-bond acceptors (Lipinski definition) is 3. The van der Waals surface area contributed by atoms with Crippen LogP contribution in [0, 0.1) is 0 Å². The molecule has 0 aromatic rings. The monoisotopic (exact) mass is 133 g/mol. The van der Waals surface area contributed by atoms with E-state index in [0.29, 0.717) is 0 Å². The Bertz CT molecular complexity index is 85.5. The molecule has 4 N–H and O–H groups in total. The van der Waals surface area contributed by atoms with Crippen LogP contribution in [0.25, 0.3) is 0 Å². The summed E-state index contributed by atoms with van der Waals surface area (Å²) in [6.07, 6.45) is -0.662. The summed E-state index contributed by atoms with van der Waals surface area (Å²) in [4.78, 5) is 0. The van der Waals surface area contributed by atoms with Crippen molar-refractivity contribution in [3.8, 4) is 0 Å². The van der Waals surface area contributed by atoms with Gasteiger partial charge in [-0.3, -0.25) is 0 Å². The first-order valence-electron chi connectivity index (χ1n) is 3.01. The predicted molar refractivity (Wildman–Crippen MR) is 36.0 cm³/mol. The minimum absolute atomic E-state index is 0.572. The molecule has 0 heterocycles. The summed E-state index contributed by atoms with van der Waals surface area (Å²) in [7, 11) is 0. The molecule has 0 fully saturated rings. The van der Waals surface area contributed by atoms with Crippen molar-refractivity contribution >= 4 is 0 Å². The molecular formula is C6H15NO2. The molecule has 0 aliphatic heterocycles. The average Bonchev–Trinajstić information content (AvgIpc) is 1.62. The molecule has 3 heteroatoms. The van der Waals surface area contributed by atoms with Gasteiger partial charge in [-0.1, -0.05) is 0 Å². The van der Waals surface area contributed by atoms with Crippen LogP contribution in [0.5, 0.6) is 0 Å². The van der Waals surface area contributed by atoms with Crippen molar-refractivity contribution in [3.05, 3.63) is 0 Å². The lowest BCUT2D eigenvalue weighted by Gasteiger charge is -2.27. The SMILES string of the molecule is C[C@H](O)[C@@H](N)C(C)(C)O. The normalized spacial score (nSPS) is 19.3. The van der Waals surface area contributed by atoms with Gasteiger partial charge < -0.3 is 15.9 Å². The minimum atomic E-state index is -0.992. The van der Waals surface area contributed by atoms with Crippen LogP contribution >= 0.6 is 0 Å². The molecule has 0 aromatic heterocycles. The fourth-order valence-corrected chi connectivity index (χ4v) is 0.590. The first kappa shape index (κ1) is 8.88. The van der Waals surface area contributed by atoms with Crippen LogP contribution in [0.2, 0.25) is 0 Å². The number of rotatable bonds is 2. The van der Waals surface area contributed by atoms with Crippen LogP contribution in [-0.2, 0) is 0 Å². The van der Waals surface area contributed by atoms with Gasteiger partial charge in [0.05, 0.1) is 17.7 Å². The van der Waals surface area contributed by atoms with Gasteiger partial charge in [-0.15, -0.1) is 0 Å². The highest BCUT2D eigenvalue weighted by atomic mass is 16.3. The van der Waals surface area contributed by atoms with Crippen molar-refractivity contribution in [2.24, 2.45) is 5.73 Å². The zero-order valence-corrected chi connectivity index (χ0v) is 6.13. The molecule has 56 valence electrons. The Morgan fingerprint density at radius 2 is 1.78 bits per heavy atom. The van der Waals surface area contributed by atoms with E-state index in [1.807, 2.05) is 0 Å². The van der Waals surface area contributed by atoms with E-state index >= 15 is 0 Å². The highest BCUT2D eigenvalue weighted by Gasteiger charge is 2.26. The molecule has 0 rings (SSSR count). The molecule has 9 heavy (non-hydrogen) atoms. The van der Waals surface area contributed by atoms with Gasteiger partial charge in [-0.2, -0.15) is 0 Å². The smallest absolute Gasteiger partial charge is 0.0767 e. The summed E-state index contributed by atoms with van der Waals surface area (Å²) >= 11 is 0. The van der Waals surface area contributed by atoms with Crippen LogP contribution in [0.4, 0.5) is 0 Å². The second-order valence-electron chi connectivity index (χ2n) is 2.92. The van der Waals surface area contributed by atoms with Crippen molar-refractivity contribution in [2.45, 2.75) is 38.5 Å². The Balaban J connectivity index is 3.88. The highest BCUT2D eigenvalue weighted by molar-refractivity contribution is 4.84. The molecule has 0 unspecified atom stereocenters. The van der Waals surface area contributed by atoms with E-state index in [4.69, 9.17) is 10.8 Å². The topological polar surface area (TPSA) is 66.5 Å². The van der Waals surface area contributed by atoms with Crippen molar-refractivity contribution in [1.29, 1.82) is 0 Å². The van der Waals surface area contributed by atoms with Gasteiger partial charge in [0, 0.05) is 0 Å². The Kier molecular flexibility index (Phi) is 2.61. The Hall–Kier alpha value is -0.120. The molecule has 0 aromatic carbocycles. The van der Waals surface area contributed by atoms with E-state index in [-0.39, 0.29) is 0 Å². The molecular weight excluding hydrogens is 118 g/mol. The summed E-state index contributed by atoms with van der Waals surface area (Å²) in [5.41, 5.74) is 4.40. The summed E-state index contributed by atoms with van der Waals surface area (Å²) < 4.78 is 0. The molecule has 0 aliphatic carbocycles. The minimum Gasteiger partial charge on any atom is -0.392 e. The molecule has 0 aliphatic rings. The average molecular weight is 133 g/mol. The maximum absolute atomic E-state index is 9.17. The molecule has 0 saturated heterocycles. The van der Waals surface area contributed by atoms with Crippen molar-refractivity contribution in [3.63, 3.8) is 0 Å². The van der Waals surface area contributed by atoms with E-state index in [0.717, 1.165) is 0 Å². The van der Waals surface area contributed by atoms with Crippen LogP contribution in [0.3, 0.4) is 0 Å². The Labute approximate surface area is 55.5 Å². The lowest BCUT2D eigenvalue weighted by molar-refractivity contribution is 0.00172. The third-order valence-electron chi connectivity index (χ3n) is 1.34. The first-order chi connectivity index (χ1) is 3.85. The molecule has 0 amide bonds. The van der Waals surface area contributed by atoms with Gasteiger partial charge in [0.2, 0.25) is 0 Å². The summed E-state index contributed by atoms with van der Waals surface area (Å²) in [5, 5.41) is 18.0. The second kappa shape index (κ2) is 2.64. The first-order valence-corrected chi connectivity index (χ1v) is 3.01. The maximum Gasteiger partial charge on any atom is 0.0767 e. The van der Waals surface area contributed by atoms with E-state index < -0.39 is 17.7 Å². The third kappa shape index (κ3) is 2.79. The number of hydrogen-bond donors (Lipinski definition) is 3. The second-order valence-corrected chi connectivity index (χ2v) is 2.92. The largest absolute Gasteiger partial charge is 0.392 e. The Morgan fingerprint density at radius 3 is 1.78 bits per heavy atom. The van der Waals surface area contributed by atoms with Gasteiger partial charge in [0.1, 0.15) is 0 Å². The van der Waals surface area contributed by atoms with Gasteiger partial charge in [-0.25, -0.2) is 0 Å². The van der Waals surface area contributed by atoms with E-state index in [2.05, 4.69) is 0 Å². The van der Waals surface area contributed by atoms with Gasteiger partial charge in [0.25, 0.3) is 0 Å². The fourth-order valence-electron chi connectivity index (χ4n) is 0.590. The standard InChI is InChI=1S/C6H15NO2/c1-4(8)5(7)6(2,3)9/h4-5,8-9H,7H2,1-3H3/t4-,5+/m0/s1. The van der Waals surface area contributed by atoms with Crippen molar-refractivity contribution in [2.75, 3.05) is 0 Å². The van der Waals surface area contributed by atoms with Crippen LogP contribution in [-0.4, -0.2) is 28.0 Å². The molecule has 2 atom stereocenters. The molecule has 0 saturated carbocycles. The quantitative estimate of drug-likeness (QED) is 0.474. The summed E-state index contributed by atoms with van der Waals surface area (Å²) in [5.74, 6) is 0. The predicted octanol–water partition coefficient (Wildman–Crippen LogP) is -0.535. The zero-order chi connectivity index (χ0) is 7.65. The molecule has 0 spiro atoms. The number of aliphatic hydroxyl groups is 2. The van der Waals surface area contributed by atoms with E-state index in [9.17, 15) is 5.11 Å². The summed E-state index contributed by atoms with van der Waals surface area (Å²) in [6.45, 7) is 4.71.